The Morgan fingerprint density at radius 1 is 0.514 bits per heavy atom. The predicted molar refractivity (Wildman–Crippen MR) is 298 cm³/mol. The first-order valence-corrected chi connectivity index (χ1v) is 24.7. The number of pyridine rings is 1. The molecule has 4 heterocycles. The molecule has 0 amide bonds. The molecular weight excluding hydrogens is 1080 g/mol. The van der Waals surface area contributed by atoms with E-state index in [0.29, 0.717) is 28.4 Å². The van der Waals surface area contributed by atoms with Gasteiger partial charge in [-0.15, -0.1) is 29.7 Å². The van der Waals surface area contributed by atoms with E-state index >= 15 is 0 Å². The van der Waals surface area contributed by atoms with Gasteiger partial charge in [-0.3, -0.25) is 4.57 Å². The van der Waals surface area contributed by atoms with Crippen molar-refractivity contribution < 1.29 is 37.2 Å². The number of ether oxygens (including phenoxy) is 1. The number of imidazole rings is 1. The molecule has 0 saturated heterocycles. The van der Waals surface area contributed by atoms with Crippen LogP contribution in [0, 0.1) is 18.5 Å². The first kappa shape index (κ1) is 41.4. The third kappa shape index (κ3) is 7.98. The van der Waals surface area contributed by atoms with Crippen molar-refractivity contribution in [3.8, 4) is 84.3 Å². The van der Waals surface area contributed by atoms with Crippen LogP contribution in [0.5, 0.6) is 11.5 Å². The normalized spacial score (nSPS) is 13.0. The predicted octanol–water partition coefficient (Wildman–Crippen LogP) is 16.8. The second-order valence-electron chi connectivity index (χ2n) is 20.9. The fourth-order valence-electron chi connectivity index (χ4n) is 10.5. The molecule has 0 radical (unpaired) electrons. The number of benzene rings is 9. The van der Waals surface area contributed by atoms with Crippen LogP contribution < -0.4 is 9.30 Å². The summed E-state index contributed by atoms with van der Waals surface area (Å²) >= 11 is 0. The number of hydrogen-bond acceptors (Lipinski definition) is 2. The van der Waals surface area contributed by atoms with Crippen LogP contribution in [0.2, 0.25) is 0 Å². The Bertz CT molecular complexity index is 4420. The fourth-order valence-corrected chi connectivity index (χ4v) is 10.5. The molecule has 6 heteroatoms. The summed E-state index contributed by atoms with van der Waals surface area (Å²) in [7, 11) is 0. The molecule has 0 atom stereocenters. The van der Waals surface area contributed by atoms with Gasteiger partial charge in [0.15, 0.2) is 0 Å². The maximum Gasteiger partial charge on any atom is 0.268 e. The third-order valence-corrected chi connectivity index (χ3v) is 14.2. The Balaban J connectivity index is 0.00000623. The molecule has 1 aliphatic heterocycles. The third-order valence-electron chi connectivity index (χ3n) is 14.2. The number of para-hydroxylation sites is 2. The molecule has 362 valence electrons. The van der Waals surface area contributed by atoms with Gasteiger partial charge in [-0.05, 0) is 113 Å². The molecule has 3 aromatic heterocycles. The van der Waals surface area contributed by atoms with Crippen LogP contribution in [-0.2, 0) is 31.9 Å². The van der Waals surface area contributed by atoms with Crippen molar-refractivity contribution in [2.75, 3.05) is 0 Å². The van der Waals surface area contributed by atoms with Crippen molar-refractivity contribution in [2.45, 2.75) is 52.4 Å². The van der Waals surface area contributed by atoms with Crippen LogP contribution in [0.1, 0.15) is 59.5 Å². The molecule has 0 spiro atoms. The van der Waals surface area contributed by atoms with Gasteiger partial charge in [-0.2, -0.15) is 18.2 Å². The summed E-state index contributed by atoms with van der Waals surface area (Å²) in [6.07, 6.45) is 5.68. The van der Waals surface area contributed by atoms with E-state index in [4.69, 9.17) is 13.8 Å². The number of aromatic nitrogens is 4. The minimum Gasteiger partial charge on any atom is -0.510 e. The van der Waals surface area contributed by atoms with Crippen LogP contribution >= 0.6 is 0 Å². The van der Waals surface area contributed by atoms with Crippen LogP contribution in [0.3, 0.4) is 0 Å². The minimum atomic E-state index is -0.452. The monoisotopic (exact) mass is 1140 g/mol. The number of nitrogens with zero attached hydrogens (tertiary/aromatic N) is 4. The molecule has 13 rings (SSSR count). The zero-order valence-electron chi connectivity index (χ0n) is 46.8. The van der Waals surface area contributed by atoms with Crippen LogP contribution in [-0.4, -0.2) is 14.1 Å². The standard InChI is InChI=1S/C68H52N4O.Pt/c1-67(2,3)47-32-30-44(31-33-47)46-38-60-56-25-13-11-23-54(56)53-22-10-12-24-55(53)59-28-17-27-52(45-18-8-7-9-19-45)65(59)71-43-70(63(39-46)66(60)71)49-20-16-21-50(41-49)73-51-34-35-58-57-26-14-15-29-61(57)72(62(58)42-51)64-40-48(36-37-69-64)68(4,5)6;/h7-40H,1-6H3;/q-2;/i7D,8D,9D,18D,19D;. The average Bonchev–Trinajstić information content (AvgIpc) is 3.83. The molecular formula is C68H52N4OPt-2. The van der Waals surface area contributed by atoms with Gasteiger partial charge in [-0.1, -0.05) is 193 Å². The fraction of sp³-hybridized carbons (Fsp3) is 0.118. The molecule has 1 aliphatic rings. The van der Waals surface area contributed by atoms with E-state index in [0.717, 1.165) is 83.2 Å². The summed E-state index contributed by atoms with van der Waals surface area (Å²) < 4.78 is 57.9. The van der Waals surface area contributed by atoms with E-state index < -0.39 is 18.1 Å². The first-order chi connectivity index (χ1) is 37.5. The Kier molecular flexibility index (Phi) is 10.1. The summed E-state index contributed by atoms with van der Waals surface area (Å²) in [5.74, 6) is 1.75. The van der Waals surface area contributed by atoms with Gasteiger partial charge in [0.05, 0.1) is 23.6 Å². The van der Waals surface area contributed by atoms with E-state index in [1.807, 2.05) is 76.0 Å². The summed E-state index contributed by atoms with van der Waals surface area (Å²) in [6.45, 7) is 13.3. The van der Waals surface area contributed by atoms with Crippen molar-refractivity contribution in [2.24, 2.45) is 0 Å². The van der Waals surface area contributed by atoms with Crippen molar-refractivity contribution in [1.82, 2.24) is 14.1 Å². The van der Waals surface area contributed by atoms with Crippen LogP contribution in [0.15, 0.2) is 206 Å². The van der Waals surface area contributed by atoms with Crippen molar-refractivity contribution in [3.63, 3.8) is 0 Å². The van der Waals surface area contributed by atoms with Gasteiger partial charge in [0.1, 0.15) is 5.82 Å². The van der Waals surface area contributed by atoms with Gasteiger partial charge in [-0.25, -0.2) is 4.98 Å². The van der Waals surface area contributed by atoms with E-state index in [1.54, 1.807) is 0 Å². The van der Waals surface area contributed by atoms with Gasteiger partial charge >= 0.3 is 0 Å². The molecule has 0 unspecified atom stereocenters. The molecule has 0 aliphatic carbocycles. The second-order valence-corrected chi connectivity index (χ2v) is 20.9. The van der Waals surface area contributed by atoms with Gasteiger partial charge < -0.3 is 13.9 Å². The zero-order chi connectivity index (χ0) is 53.9. The van der Waals surface area contributed by atoms with E-state index in [9.17, 15) is 2.74 Å². The van der Waals surface area contributed by atoms with Crippen LogP contribution in [0.4, 0.5) is 0 Å². The quantitative estimate of drug-likeness (QED) is 0.123. The summed E-state index contributed by atoms with van der Waals surface area (Å²) in [5.41, 5.74) is 15.1. The Hall–Kier alpha value is -8.11. The largest absolute Gasteiger partial charge is 0.510 e. The SMILES string of the molecule is [2H]c1c([2H])c([2H])c(-c2cccc3c2-[n+]2[c-]n(-c4[c-]c(Oc5[c-]c6c(cc5)c5ccccc5n6-c5cc(C(C)(C)C)ccn5)ccc4)c4cc(-c5ccc(C(C)(C)C)cc5)cc(c42)-c2ccccc2-c2ccccc2-3)c([2H])c1[2H].[Pt]. The van der Waals surface area contributed by atoms with E-state index in [-0.39, 0.29) is 49.5 Å². The molecule has 0 fully saturated rings. The second kappa shape index (κ2) is 18.1. The molecule has 0 saturated carbocycles. The minimum absolute atomic E-state index is 0. The molecule has 74 heavy (non-hydrogen) atoms. The summed E-state index contributed by atoms with van der Waals surface area (Å²) in [4.78, 5) is 4.88. The van der Waals surface area contributed by atoms with Gasteiger partial charge in [0.2, 0.25) is 0 Å². The van der Waals surface area contributed by atoms with Crippen LogP contribution in [0.25, 0.3) is 106 Å². The van der Waals surface area contributed by atoms with Crippen molar-refractivity contribution >= 4 is 32.8 Å². The Labute approximate surface area is 454 Å². The summed E-state index contributed by atoms with van der Waals surface area (Å²) in [5, 5.41) is 2.11. The smallest absolute Gasteiger partial charge is 0.268 e. The molecule has 0 N–H and O–H groups in total. The van der Waals surface area contributed by atoms with Gasteiger partial charge in [0, 0.05) is 44.3 Å². The number of fused-ring (bicyclic) bond motifs is 10. The van der Waals surface area contributed by atoms with E-state index in [2.05, 4.69) is 174 Å². The first-order valence-electron chi connectivity index (χ1n) is 27.2. The van der Waals surface area contributed by atoms with Crippen molar-refractivity contribution in [1.29, 1.82) is 0 Å². The van der Waals surface area contributed by atoms with E-state index in [1.165, 1.54) is 11.1 Å². The van der Waals surface area contributed by atoms with Gasteiger partial charge in [0.25, 0.3) is 6.33 Å². The maximum absolute atomic E-state index is 9.34. The average molecular weight is 1140 g/mol. The summed E-state index contributed by atoms with van der Waals surface area (Å²) in [6, 6.07) is 63.5. The number of rotatable bonds is 6. The topological polar surface area (TPSA) is 35.9 Å². The Morgan fingerprint density at radius 3 is 1.88 bits per heavy atom. The molecule has 0 bridgehead atoms. The zero-order valence-corrected chi connectivity index (χ0v) is 44.0. The molecule has 12 aromatic rings. The van der Waals surface area contributed by atoms with Crippen molar-refractivity contribution in [3.05, 3.63) is 236 Å². The molecule has 5 nitrogen and oxygen atoms in total. The molecule has 9 aromatic carbocycles. The number of hydrogen-bond donors (Lipinski definition) is 0. The maximum atomic E-state index is 9.34. The Morgan fingerprint density at radius 2 is 1.15 bits per heavy atom.